The van der Waals surface area contributed by atoms with Gasteiger partial charge in [0.15, 0.2) is 5.13 Å². The number of anilines is 3. The average molecular weight is 379 g/mol. The van der Waals surface area contributed by atoms with Gasteiger partial charge >= 0.3 is 0 Å². The van der Waals surface area contributed by atoms with E-state index in [1.54, 1.807) is 11.6 Å². The molecular formula is C19H17N5O2S. The zero-order valence-electron chi connectivity index (χ0n) is 14.3. The number of hydrogen-bond acceptors (Lipinski definition) is 6. The molecule has 27 heavy (non-hydrogen) atoms. The van der Waals surface area contributed by atoms with E-state index in [2.05, 4.69) is 25.9 Å². The lowest BCUT2D eigenvalue weighted by Gasteiger charge is -2.10. The fraction of sp³-hybridized carbons (Fsp3) is 0.158. The summed E-state index contributed by atoms with van der Waals surface area (Å²) in [6.07, 6.45) is 2.16. The standard InChI is InChI=1S/C19H17N5O2S/c25-17-9-13(10-21-17)12-4-3-5-14(8-12)22-18(26)15-11-27-19(23-15)24-16-6-1-2-7-20-16/h1-8,11,13H,9-10H2,(H,21,25)(H,22,26)(H,20,23,24). The Morgan fingerprint density at radius 1 is 1.22 bits per heavy atom. The Labute approximate surface area is 159 Å². The normalized spacial score (nSPS) is 16.0. The first-order valence-electron chi connectivity index (χ1n) is 8.49. The maximum absolute atomic E-state index is 12.5. The molecule has 8 heteroatoms. The molecule has 0 spiro atoms. The van der Waals surface area contributed by atoms with E-state index < -0.39 is 0 Å². The number of nitrogens with one attached hydrogen (secondary N) is 3. The quantitative estimate of drug-likeness (QED) is 0.633. The minimum Gasteiger partial charge on any atom is -0.355 e. The number of pyridine rings is 1. The van der Waals surface area contributed by atoms with Crippen LogP contribution in [0.4, 0.5) is 16.6 Å². The average Bonchev–Trinajstić information content (AvgIpc) is 3.32. The molecule has 1 aliphatic heterocycles. The van der Waals surface area contributed by atoms with Crippen LogP contribution < -0.4 is 16.0 Å². The van der Waals surface area contributed by atoms with Gasteiger partial charge in [-0.15, -0.1) is 11.3 Å². The van der Waals surface area contributed by atoms with Crippen molar-refractivity contribution in [2.24, 2.45) is 0 Å². The van der Waals surface area contributed by atoms with Crippen molar-refractivity contribution in [2.45, 2.75) is 12.3 Å². The van der Waals surface area contributed by atoms with Crippen molar-refractivity contribution in [3.63, 3.8) is 0 Å². The van der Waals surface area contributed by atoms with Crippen LogP contribution in [0.5, 0.6) is 0 Å². The number of nitrogens with zero attached hydrogens (tertiary/aromatic N) is 2. The highest BCUT2D eigenvalue weighted by Crippen LogP contribution is 2.26. The van der Waals surface area contributed by atoms with Gasteiger partial charge in [-0.05, 0) is 29.8 Å². The van der Waals surface area contributed by atoms with Crippen LogP contribution in [-0.2, 0) is 4.79 Å². The molecule has 2 amide bonds. The first-order valence-corrected chi connectivity index (χ1v) is 9.37. The SMILES string of the molecule is O=C1CC(c2cccc(NC(=O)c3csc(Nc4ccccn4)n3)c2)CN1. The predicted octanol–water partition coefficient (Wildman–Crippen LogP) is 3.14. The molecule has 0 saturated carbocycles. The Balaban J connectivity index is 1.43. The van der Waals surface area contributed by atoms with E-state index in [1.165, 1.54) is 11.3 Å². The summed E-state index contributed by atoms with van der Waals surface area (Å²) in [5, 5.41) is 11.1. The zero-order chi connectivity index (χ0) is 18.6. The lowest BCUT2D eigenvalue weighted by molar-refractivity contribution is -0.119. The van der Waals surface area contributed by atoms with Crippen LogP contribution in [0.2, 0.25) is 0 Å². The van der Waals surface area contributed by atoms with Gasteiger partial charge in [-0.1, -0.05) is 18.2 Å². The van der Waals surface area contributed by atoms with Gasteiger partial charge in [-0.2, -0.15) is 0 Å². The Kier molecular flexibility index (Phi) is 4.80. The molecule has 3 N–H and O–H groups in total. The van der Waals surface area contributed by atoms with Crippen molar-refractivity contribution >= 4 is 39.8 Å². The lowest BCUT2D eigenvalue weighted by atomic mass is 9.98. The second-order valence-electron chi connectivity index (χ2n) is 6.16. The molecule has 1 unspecified atom stereocenters. The monoisotopic (exact) mass is 379 g/mol. The first-order chi connectivity index (χ1) is 13.2. The van der Waals surface area contributed by atoms with Gasteiger partial charge in [0.2, 0.25) is 5.91 Å². The van der Waals surface area contributed by atoms with Crippen molar-refractivity contribution in [2.75, 3.05) is 17.2 Å². The molecule has 136 valence electrons. The third-order valence-electron chi connectivity index (χ3n) is 4.23. The van der Waals surface area contributed by atoms with Crippen LogP contribution in [0, 0.1) is 0 Å². The molecule has 1 atom stereocenters. The highest BCUT2D eigenvalue weighted by Gasteiger charge is 2.23. The van der Waals surface area contributed by atoms with Crippen molar-refractivity contribution in [1.82, 2.24) is 15.3 Å². The zero-order valence-corrected chi connectivity index (χ0v) is 15.1. The Bertz CT molecular complexity index is 973. The number of carbonyl (C=O) groups excluding carboxylic acids is 2. The van der Waals surface area contributed by atoms with E-state index in [0.717, 1.165) is 5.56 Å². The summed E-state index contributed by atoms with van der Waals surface area (Å²) in [5.41, 5.74) is 2.05. The molecule has 1 saturated heterocycles. The fourth-order valence-electron chi connectivity index (χ4n) is 2.89. The number of amides is 2. The molecular weight excluding hydrogens is 362 g/mol. The molecule has 1 fully saturated rings. The summed E-state index contributed by atoms with van der Waals surface area (Å²) >= 11 is 1.34. The van der Waals surface area contributed by atoms with Gasteiger partial charge in [0.05, 0.1) is 0 Å². The van der Waals surface area contributed by atoms with Crippen molar-refractivity contribution in [3.8, 4) is 0 Å². The molecule has 2 aromatic heterocycles. The van der Waals surface area contributed by atoms with Gasteiger partial charge in [0.25, 0.3) is 5.91 Å². The largest absolute Gasteiger partial charge is 0.355 e. The molecule has 0 aliphatic carbocycles. The Morgan fingerprint density at radius 3 is 2.93 bits per heavy atom. The van der Waals surface area contributed by atoms with Crippen LogP contribution >= 0.6 is 11.3 Å². The van der Waals surface area contributed by atoms with Crippen LogP contribution in [0.3, 0.4) is 0 Å². The summed E-state index contributed by atoms with van der Waals surface area (Å²) in [6, 6.07) is 13.1. The molecule has 1 aliphatic rings. The summed E-state index contributed by atoms with van der Waals surface area (Å²) < 4.78 is 0. The fourth-order valence-corrected chi connectivity index (χ4v) is 3.59. The molecule has 3 heterocycles. The van der Waals surface area contributed by atoms with E-state index in [0.29, 0.717) is 35.3 Å². The van der Waals surface area contributed by atoms with E-state index in [4.69, 9.17) is 0 Å². The summed E-state index contributed by atoms with van der Waals surface area (Å²) in [6.45, 7) is 0.630. The summed E-state index contributed by atoms with van der Waals surface area (Å²) in [7, 11) is 0. The van der Waals surface area contributed by atoms with E-state index in [-0.39, 0.29) is 17.7 Å². The maximum atomic E-state index is 12.5. The van der Waals surface area contributed by atoms with Crippen LogP contribution in [0.25, 0.3) is 0 Å². The Morgan fingerprint density at radius 2 is 2.15 bits per heavy atom. The molecule has 4 rings (SSSR count). The molecule has 0 bridgehead atoms. The van der Waals surface area contributed by atoms with Gasteiger partial charge in [0, 0.05) is 36.1 Å². The number of hydrogen-bond donors (Lipinski definition) is 3. The molecule has 0 radical (unpaired) electrons. The third kappa shape index (κ3) is 4.12. The van der Waals surface area contributed by atoms with E-state index >= 15 is 0 Å². The molecule has 7 nitrogen and oxygen atoms in total. The van der Waals surface area contributed by atoms with Gasteiger partial charge in [-0.25, -0.2) is 9.97 Å². The molecule has 3 aromatic rings. The number of thiazole rings is 1. The van der Waals surface area contributed by atoms with Crippen LogP contribution in [-0.4, -0.2) is 28.3 Å². The van der Waals surface area contributed by atoms with E-state index in [1.807, 2.05) is 42.5 Å². The lowest BCUT2D eigenvalue weighted by Crippen LogP contribution is -2.14. The minimum atomic E-state index is -0.280. The second kappa shape index (κ2) is 7.55. The molecule has 1 aromatic carbocycles. The highest BCUT2D eigenvalue weighted by molar-refractivity contribution is 7.14. The van der Waals surface area contributed by atoms with Crippen molar-refractivity contribution in [3.05, 3.63) is 65.3 Å². The number of benzene rings is 1. The number of rotatable bonds is 5. The van der Waals surface area contributed by atoms with Gasteiger partial charge < -0.3 is 16.0 Å². The first kappa shape index (κ1) is 17.2. The minimum absolute atomic E-state index is 0.0600. The van der Waals surface area contributed by atoms with Crippen molar-refractivity contribution in [1.29, 1.82) is 0 Å². The smallest absolute Gasteiger partial charge is 0.275 e. The summed E-state index contributed by atoms with van der Waals surface area (Å²) in [4.78, 5) is 32.4. The van der Waals surface area contributed by atoms with Crippen LogP contribution in [0.15, 0.2) is 54.0 Å². The maximum Gasteiger partial charge on any atom is 0.275 e. The van der Waals surface area contributed by atoms with Gasteiger partial charge in [0.1, 0.15) is 11.5 Å². The van der Waals surface area contributed by atoms with E-state index in [9.17, 15) is 9.59 Å². The topological polar surface area (TPSA) is 96.0 Å². The number of carbonyl (C=O) groups is 2. The summed E-state index contributed by atoms with van der Waals surface area (Å²) in [5.74, 6) is 0.594. The predicted molar refractivity (Wildman–Crippen MR) is 104 cm³/mol. The van der Waals surface area contributed by atoms with Crippen molar-refractivity contribution < 1.29 is 9.59 Å². The second-order valence-corrected chi connectivity index (χ2v) is 7.02. The number of aromatic nitrogens is 2. The third-order valence-corrected chi connectivity index (χ3v) is 4.99. The highest BCUT2D eigenvalue weighted by atomic mass is 32.1. The Hall–Kier alpha value is -3.26. The van der Waals surface area contributed by atoms with Gasteiger partial charge in [-0.3, -0.25) is 9.59 Å². The van der Waals surface area contributed by atoms with Crippen LogP contribution in [0.1, 0.15) is 28.4 Å².